The smallest absolute Gasteiger partial charge is 0.200 e. The highest BCUT2D eigenvalue weighted by Crippen LogP contribution is 2.45. The van der Waals surface area contributed by atoms with Gasteiger partial charge in [-0.05, 0) is 43.7 Å². The van der Waals surface area contributed by atoms with Crippen LogP contribution in [-0.2, 0) is 0 Å². The molecule has 2 aromatic carbocycles. The van der Waals surface area contributed by atoms with Crippen molar-refractivity contribution < 1.29 is 19.0 Å². The highest BCUT2D eigenvalue weighted by atomic mass is 16.5. The third kappa shape index (κ3) is 2.75. The quantitative estimate of drug-likeness (QED) is 0.442. The average Bonchev–Trinajstić information content (AvgIpc) is 3.33. The van der Waals surface area contributed by atoms with Gasteiger partial charge >= 0.3 is 0 Å². The molecule has 3 heterocycles. The van der Waals surface area contributed by atoms with E-state index in [0.717, 1.165) is 27.5 Å². The van der Waals surface area contributed by atoms with Crippen molar-refractivity contribution in [1.82, 2.24) is 14.8 Å². The van der Waals surface area contributed by atoms with Gasteiger partial charge in [-0.15, -0.1) is 0 Å². The maximum absolute atomic E-state index is 11.9. The van der Waals surface area contributed by atoms with Crippen LogP contribution in [-0.4, -0.2) is 34.1 Å². The Morgan fingerprint density at radius 1 is 1.10 bits per heavy atom. The van der Waals surface area contributed by atoms with Gasteiger partial charge in [0.05, 0.1) is 14.2 Å². The Morgan fingerprint density at radius 3 is 2.45 bits per heavy atom. The van der Waals surface area contributed by atoms with E-state index in [1.165, 1.54) is 26.4 Å². The number of hydrogen-bond donors (Lipinski definition) is 2. The number of ether oxygens (including phenoxy) is 2. The first-order valence-electron chi connectivity index (χ1n) is 9.84. The topological polar surface area (TPSA) is 103 Å². The van der Waals surface area contributed by atoms with E-state index in [-0.39, 0.29) is 28.7 Å². The number of furan rings is 1. The molecule has 8 heteroatoms. The Hall–Kier alpha value is -3.94. The minimum atomic E-state index is -0.134. The van der Waals surface area contributed by atoms with E-state index in [0.29, 0.717) is 16.7 Å². The van der Waals surface area contributed by atoms with E-state index in [9.17, 15) is 9.90 Å². The zero-order chi connectivity index (χ0) is 21.9. The molecule has 0 atom stereocenters. The third-order valence-corrected chi connectivity index (χ3v) is 5.45. The van der Waals surface area contributed by atoms with Gasteiger partial charge in [-0.25, -0.2) is 4.98 Å². The molecule has 0 aliphatic rings. The molecule has 31 heavy (non-hydrogen) atoms. The maximum atomic E-state index is 11.9. The summed E-state index contributed by atoms with van der Waals surface area (Å²) in [4.78, 5) is 16.8. The van der Waals surface area contributed by atoms with Crippen LogP contribution in [0.1, 0.15) is 19.9 Å². The lowest BCUT2D eigenvalue weighted by molar-refractivity contribution is 0.340. The summed E-state index contributed by atoms with van der Waals surface area (Å²) < 4.78 is 18.8. The Bertz CT molecular complexity index is 1500. The number of rotatable bonds is 4. The molecule has 2 N–H and O–H groups in total. The van der Waals surface area contributed by atoms with Gasteiger partial charge < -0.3 is 24.1 Å². The molecular weight excluding hydrogens is 398 g/mol. The number of phenols is 1. The minimum absolute atomic E-state index is 0.0813. The van der Waals surface area contributed by atoms with Gasteiger partial charge in [0.1, 0.15) is 11.1 Å². The number of aromatic hydroxyl groups is 1. The van der Waals surface area contributed by atoms with Gasteiger partial charge in [-0.1, -0.05) is 0 Å². The van der Waals surface area contributed by atoms with Crippen LogP contribution in [0.5, 0.6) is 17.2 Å². The van der Waals surface area contributed by atoms with Gasteiger partial charge in [0.25, 0.3) is 0 Å². The van der Waals surface area contributed by atoms with Crippen molar-refractivity contribution >= 4 is 33.1 Å². The first-order valence-corrected chi connectivity index (χ1v) is 9.84. The van der Waals surface area contributed by atoms with Crippen LogP contribution in [0.4, 0.5) is 0 Å². The summed E-state index contributed by atoms with van der Waals surface area (Å²) in [6.07, 6.45) is 1.87. The number of aromatic amines is 1. The molecule has 0 amide bonds. The van der Waals surface area contributed by atoms with E-state index in [1.54, 1.807) is 18.2 Å². The number of fused-ring (bicyclic) bond motifs is 4. The van der Waals surface area contributed by atoms with Crippen molar-refractivity contribution in [3.8, 4) is 28.4 Å². The maximum Gasteiger partial charge on any atom is 0.200 e. The first-order chi connectivity index (χ1) is 14.9. The van der Waals surface area contributed by atoms with Crippen LogP contribution in [0.2, 0.25) is 0 Å². The van der Waals surface area contributed by atoms with Crippen molar-refractivity contribution in [2.45, 2.75) is 19.9 Å². The lowest BCUT2D eigenvalue weighted by atomic mass is 10.0. The molecule has 0 saturated carbocycles. The summed E-state index contributed by atoms with van der Waals surface area (Å²) in [5.74, 6) is 0.470. The molecule has 0 saturated heterocycles. The minimum Gasteiger partial charge on any atom is -0.502 e. The molecule has 158 valence electrons. The Morgan fingerprint density at radius 2 is 1.81 bits per heavy atom. The van der Waals surface area contributed by atoms with Crippen LogP contribution < -0.4 is 14.9 Å². The van der Waals surface area contributed by atoms with Gasteiger partial charge in [0.2, 0.25) is 5.75 Å². The molecule has 0 fully saturated rings. The fourth-order valence-electron chi connectivity index (χ4n) is 3.98. The summed E-state index contributed by atoms with van der Waals surface area (Å²) in [6.45, 7) is 4.12. The van der Waals surface area contributed by atoms with Crippen LogP contribution in [0.3, 0.4) is 0 Å². The molecule has 0 bridgehead atoms. The van der Waals surface area contributed by atoms with Crippen molar-refractivity contribution in [1.29, 1.82) is 0 Å². The Balaban J connectivity index is 1.98. The molecule has 3 aromatic heterocycles. The van der Waals surface area contributed by atoms with E-state index in [2.05, 4.69) is 18.9 Å². The molecule has 8 nitrogen and oxygen atoms in total. The second-order valence-corrected chi connectivity index (χ2v) is 7.63. The van der Waals surface area contributed by atoms with Crippen LogP contribution >= 0.6 is 0 Å². The van der Waals surface area contributed by atoms with Gasteiger partial charge in [-0.3, -0.25) is 9.48 Å². The summed E-state index contributed by atoms with van der Waals surface area (Å²) in [7, 11) is 2.96. The molecule has 0 radical (unpaired) electrons. The molecular formula is C23H21N3O5. The average molecular weight is 419 g/mol. The summed E-state index contributed by atoms with van der Waals surface area (Å²) in [5.41, 5.74) is 3.76. The third-order valence-electron chi connectivity index (χ3n) is 5.45. The number of hydrogen-bond acceptors (Lipinski definition) is 6. The number of pyridine rings is 1. The molecule has 0 spiro atoms. The van der Waals surface area contributed by atoms with Crippen molar-refractivity contribution in [3.05, 3.63) is 46.8 Å². The fourth-order valence-corrected chi connectivity index (χ4v) is 3.98. The largest absolute Gasteiger partial charge is 0.502 e. The number of phenolic OH excluding ortho intramolecular Hbond substituents is 1. The standard InChI is InChI=1S/C23H21N3O5/c1-11(2)26-23-15(10-24-26)19(12-7-17(29-3)21(28)18(8-12)30-4)22-20(25-23)14-6-5-13(27)9-16(14)31-22/h5-11,24,28H,1-4H3. The second-order valence-electron chi connectivity index (χ2n) is 7.63. The van der Waals surface area contributed by atoms with Gasteiger partial charge in [-0.2, -0.15) is 0 Å². The number of aromatic nitrogens is 3. The van der Waals surface area contributed by atoms with E-state index in [1.807, 2.05) is 10.9 Å². The van der Waals surface area contributed by atoms with Gasteiger partial charge in [0, 0.05) is 34.6 Å². The Labute approximate surface area is 176 Å². The lowest BCUT2D eigenvalue weighted by Crippen LogP contribution is -2.03. The van der Waals surface area contributed by atoms with Gasteiger partial charge in [0.15, 0.2) is 28.2 Å². The molecule has 0 unspecified atom stereocenters. The molecule has 5 aromatic rings. The summed E-state index contributed by atoms with van der Waals surface area (Å²) >= 11 is 0. The van der Waals surface area contributed by atoms with Crippen molar-refractivity contribution in [3.63, 3.8) is 0 Å². The highest BCUT2D eigenvalue weighted by molar-refractivity contribution is 6.14. The zero-order valence-corrected chi connectivity index (χ0v) is 17.5. The Kier molecular flexibility index (Phi) is 4.18. The second kappa shape index (κ2) is 6.80. The number of benzene rings is 2. The predicted molar refractivity (Wildman–Crippen MR) is 118 cm³/mol. The monoisotopic (exact) mass is 419 g/mol. The normalized spacial score (nSPS) is 11.8. The molecule has 0 aliphatic heterocycles. The number of H-pyrrole nitrogens is 1. The summed E-state index contributed by atoms with van der Waals surface area (Å²) in [5, 5.41) is 15.2. The number of nitrogens with zero attached hydrogens (tertiary/aromatic N) is 2. The number of methoxy groups -OCH3 is 2. The van der Waals surface area contributed by atoms with E-state index < -0.39 is 0 Å². The van der Waals surface area contributed by atoms with Crippen molar-refractivity contribution in [2.24, 2.45) is 0 Å². The van der Waals surface area contributed by atoms with E-state index in [4.69, 9.17) is 18.9 Å². The fraction of sp³-hybridized carbons (Fsp3) is 0.217. The zero-order valence-electron chi connectivity index (χ0n) is 17.5. The number of nitrogens with one attached hydrogen (secondary N) is 1. The first kappa shape index (κ1) is 19.0. The lowest BCUT2D eigenvalue weighted by Gasteiger charge is -2.13. The van der Waals surface area contributed by atoms with Crippen LogP contribution in [0, 0.1) is 0 Å². The van der Waals surface area contributed by atoms with Crippen molar-refractivity contribution in [2.75, 3.05) is 14.2 Å². The SMILES string of the molecule is COc1cc(-c2c3c[nH]n(C(C)C)c3nc3c2oc2cc(=O)ccc23)cc(OC)c1O. The highest BCUT2D eigenvalue weighted by Gasteiger charge is 2.23. The van der Waals surface area contributed by atoms with Crippen LogP contribution in [0.25, 0.3) is 44.2 Å². The van der Waals surface area contributed by atoms with E-state index >= 15 is 0 Å². The molecule has 5 rings (SSSR count). The van der Waals surface area contributed by atoms with Crippen LogP contribution in [0.15, 0.2) is 45.7 Å². The predicted octanol–water partition coefficient (Wildman–Crippen LogP) is 4.59. The summed E-state index contributed by atoms with van der Waals surface area (Å²) in [6, 6.07) is 8.30. The molecule has 0 aliphatic carbocycles.